The molecule has 0 unspecified atom stereocenters. The quantitative estimate of drug-likeness (QED) is 0.629. The average Bonchev–Trinajstić information content (AvgIpc) is 2.39. The molecule has 0 aliphatic rings. The summed E-state index contributed by atoms with van der Waals surface area (Å²) < 4.78 is 0. The minimum Gasteiger partial charge on any atom is -0.256 e. The third-order valence-corrected chi connectivity index (χ3v) is 2.47. The predicted octanol–water partition coefficient (Wildman–Crippen LogP) is 1.79. The Labute approximate surface area is 97.6 Å². The maximum atomic E-state index is 4.29. The molecule has 0 bridgehead atoms. The average molecular weight is 223 g/mol. The van der Waals surface area contributed by atoms with Gasteiger partial charge < -0.3 is 0 Å². The highest BCUT2D eigenvalue weighted by Gasteiger charge is 2.07. The van der Waals surface area contributed by atoms with Gasteiger partial charge in [-0.25, -0.2) is 0 Å². The smallest absolute Gasteiger partial charge is 0.204 e. The van der Waals surface area contributed by atoms with Crippen molar-refractivity contribution in [1.29, 1.82) is 0 Å². The highest BCUT2D eigenvalue weighted by Crippen LogP contribution is 2.23. The topological polar surface area (TPSA) is 64.5 Å². The number of para-hydroxylation sites is 1. The molecule has 1 aromatic carbocycles. The molecule has 0 N–H and O–H groups in total. The van der Waals surface area contributed by atoms with Crippen LogP contribution in [0.4, 0.5) is 0 Å². The molecule has 0 radical (unpaired) electrons. The van der Waals surface area contributed by atoms with Crippen molar-refractivity contribution in [1.82, 2.24) is 25.4 Å². The third kappa shape index (κ3) is 1.71. The van der Waals surface area contributed by atoms with Gasteiger partial charge in [-0.3, -0.25) is 4.98 Å². The van der Waals surface area contributed by atoms with E-state index in [1.54, 1.807) is 13.1 Å². The van der Waals surface area contributed by atoms with Crippen LogP contribution in [0.2, 0.25) is 0 Å². The summed E-state index contributed by atoms with van der Waals surface area (Å²) in [7, 11) is 0. The number of pyridine rings is 1. The van der Waals surface area contributed by atoms with Crippen LogP contribution in [0.3, 0.4) is 0 Å². The largest absolute Gasteiger partial charge is 0.256 e. The molecular weight excluding hydrogens is 214 g/mol. The number of hydrogen-bond acceptors (Lipinski definition) is 5. The second kappa shape index (κ2) is 3.86. The zero-order valence-corrected chi connectivity index (χ0v) is 9.20. The first-order valence-electron chi connectivity index (χ1n) is 5.23. The van der Waals surface area contributed by atoms with E-state index < -0.39 is 0 Å². The van der Waals surface area contributed by atoms with Gasteiger partial charge in [0.15, 0.2) is 5.82 Å². The Bertz CT molecular complexity index is 658. The molecule has 0 aliphatic heterocycles. The molecule has 0 amide bonds. The van der Waals surface area contributed by atoms with E-state index >= 15 is 0 Å². The lowest BCUT2D eigenvalue weighted by Crippen LogP contribution is -1.99. The molecule has 2 aromatic heterocycles. The van der Waals surface area contributed by atoms with Gasteiger partial charge >= 0.3 is 0 Å². The fourth-order valence-electron chi connectivity index (χ4n) is 1.68. The number of aromatic nitrogens is 5. The van der Waals surface area contributed by atoms with Gasteiger partial charge in [0.25, 0.3) is 0 Å². The van der Waals surface area contributed by atoms with Gasteiger partial charge in [0.2, 0.25) is 5.82 Å². The van der Waals surface area contributed by atoms with Crippen LogP contribution in [0.1, 0.15) is 5.82 Å². The van der Waals surface area contributed by atoms with Crippen LogP contribution in [0.25, 0.3) is 22.3 Å². The fraction of sp³-hybridized carbons (Fsp3) is 0.0833. The number of fused-ring (bicyclic) bond motifs is 1. The van der Waals surface area contributed by atoms with Crippen LogP contribution in [-0.4, -0.2) is 25.4 Å². The summed E-state index contributed by atoms with van der Waals surface area (Å²) in [5.41, 5.74) is 1.81. The highest BCUT2D eigenvalue weighted by molar-refractivity contribution is 5.92. The molecule has 3 aromatic rings. The van der Waals surface area contributed by atoms with Gasteiger partial charge in [-0.2, -0.15) is 0 Å². The number of aryl methyl sites for hydroxylation is 1. The van der Waals surface area contributed by atoms with E-state index in [1.807, 2.05) is 30.3 Å². The summed E-state index contributed by atoms with van der Waals surface area (Å²) in [6.45, 7) is 1.76. The first kappa shape index (κ1) is 9.77. The minimum absolute atomic E-state index is 0.522. The standard InChI is InChI=1S/C12H9N5/c1-8-14-16-12(17-15-8)10-6-7-13-11-5-3-2-4-9(10)11/h2-7H,1H3. The second-order valence-corrected chi connectivity index (χ2v) is 3.65. The minimum atomic E-state index is 0.522. The van der Waals surface area contributed by atoms with Crippen molar-refractivity contribution < 1.29 is 0 Å². The van der Waals surface area contributed by atoms with Gasteiger partial charge in [0.1, 0.15) is 0 Å². The normalized spacial score (nSPS) is 10.6. The second-order valence-electron chi connectivity index (χ2n) is 3.65. The van der Waals surface area contributed by atoms with Crippen molar-refractivity contribution in [3.05, 3.63) is 42.4 Å². The van der Waals surface area contributed by atoms with Crippen LogP contribution < -0.4 is 0 Å². The van der Waals surface area contributed by atoms with Gasteiger partial charge in [-0.15, -0.1) is 20.4 Å². The monoisotopic (exact) mass is 223 g/mol. The van der Waals surface area contributed by atoms with Crippen molar-refractivity contribution in [2.24, 2.45) is 0 Å². The number of nitrogens with zero attached hydrogens (tertiary/aromatic N) is 5. The van der Waals surface area contributed by atoms with E-state index in [0.717, 1.165) is 16.5 Å². The van der Waals surface area contributed by atoms with E-state index in [2.05, 4.69) is 25.4 Å². The molecule has 0 fully saturated rings. The van der Waals surface area contributed by atoms with Crippen LogP contribution in [0.5, 0.6) is 0 Å². The van der Waals surface area contributed by atoms with Crippen molar-refractivity contribution in [2.75, 3.05) is 0 Å². The molecule has 0 aliphatic carbocycles. The Morgan fingerprint density at radius 2 is 1.65 bits per heavy atom. The summed E-state index contributed by atoms with van der Waals surface area (Å²) in [5.74, 6) is 1.08. The van der Waals surface area contributed by atoms with Crippen molar-refractivity contribution >= 4 is 10.9 Å². The van der Waals surface area contributed by atoms with Gasteiger partial charge in [-0.1, -0.05) is 18.2 Å². The maximum absolute atomic E-state index is 4.29. The summed E-state index contributed by atoms with van der Waals surface area (Å²) in [6.07, 6.45) is 1.74. The molecular formula is C12H9N5. The number of rotatable bonds is 1. The van der Waals surface area contributed by atoms with Crippen LogP contribution >= 0.6 is 0 Å². The zero-order valence-electron chi connectivity index (χ0n) is 9.20. The highest BCUT2D eigenvalue weighted by atomic mass is 15.3. The van der Waals surface area contributed by atoms with Gasteiger partial charge in [0, 0.05) is 17.1 Å². The summed E-state index contributed by atoms with van der Waals surface area (Å²) in [6, 6.07) is 9.72. The Kier molecular flexibility index (Phi) is 2.22. The SMILES string of the molecule is Cc1nnc(-c2ccnc3ccccc23)nn1. The molecule has 5 nitrogen and oxygen atoms in total. The lowest BCUT2D eigenvalue weighted by atomic mass is 10.1. The number of benzene rings is 1. The Morgan fingerprint density at radius 3 is 2.47 bits per heavy atom. The summed E-state index contributed by atoms with van der Waals surface area (Å²) in [5, 5.41) is 16.9. The van der Waals surface area contributed by atoms with E-state index in [-0.39, 0.29) is 0 Å². The maximum Gasteiger partial charge on any atom is 0.204 e. The number of hydrogen-bond donors (Lipinski definition) is 0. The molecule has 0 atom stereocenters. The van der Waals surface area contributed by atoms with Gasteiger partial charge in [0.05, 0.1) is 5.52 Å². The van der Waals surface area contributed by atoms with E-state index in [9.17, 15) is 0 Å². The Morgan fingerprint density at radius 1 is 0.882 bits per heavy atom. The summed E-state index contributed by atoms with van der Waals surface area (Å²) >= 11 is 0. The lowest BCUT2D eigenvalue weighted by Gasteiger charge is -2.02. The molecule has 82 valence electrons. The van der Waals surface area contributed by atoms with Crippen LogP contribution in [-0.2, 0) is 0 Å². The molecule has 17 heavy (non-hydrogen) atoms. The molecule has 0 saturated carbocycles. The zero-order chi connectivity index (χ0) is 11.7. The van der Waals surface area contributed by atoms with E-state index in [0.29, 0.717) is 11.6 Å². The molecule has 0 spiro atoms. The van der Waals surface area contributed by atoms with E-state index in [1.165, 1.54) is 0 Å². The Hall–Kier alpha value is -2.43. The van der Waals surface area contributed by atoms with Crippen molar-refractivity contribution in [3.8, 4) is 11.4 Å². The summed E-state index contributed by atoms with van der Waals surface area (Å²) in [4.78, 5) is 4.29. The fourth-order valence-corrected chi connectivity index (χ4v) is 1.68. The van der Waals surface area contributed by atoms with Gasteiger partial charge in [-0.05, 0) is 19.1 Å². The third-order valence-electron chi connectivity index (χ3n) is 2.47. The molecule has 2 heterocycles. The van der Waals surface area contributed by atoms with Crippen LogP contribution in [0.15, 0.2) is 36.5 Å². The molecule has 5 heteroatoms. The predicted molar refractivity (Wildman–Crippen MR) is 63.1 cm³/mol. The first-order chi connectivity index (χ1) is 8.34. The van der Waals surface area contributed by atoms with Crippen molar-refractivity contribution in [2.45, 2.75) is 6.92 Å². The first-order valence-corrected chi connectivity index (χ1v) is 5.23. The van der Waals surface area contributed by atoms with Crippen LogP contribution in [0, 0.1) is 6.92 Å². The molecule has 0 saturated heterocycles. The Balaban J connectivity index is 2.27. The molecule has 3 rings (SSSR count). The van der Waals surface area contributed by atoms with E-state index in [4.69, 9.17) is 0 Å². The lowest BCUT2D eigenvalue weighted by molar-refractivity contribution is 0.817. The van der Waals surface area contributed by atoms with Crippen molar-refractivity contribution in [3.63, 3.8) is 0 Å².